The van der Waals surface area contributed by atoms with E-state index in [9.17, 15) is 0 Å². The van der Waals surface area contributed by atoms with Gasteiger partial charge in [-0.1, -0.05) is 0 Å². The minimum absolute atomic E-state index is 0. The van der Waals surface area contributed by atoms with Crippen molar-refractivity contribution in [3.05, 3.63) is 0 Å². The molecule has 0 aliphatic heterocycles. The van der Waals surface area contributed by atoms with E-state index in [-0.39, 0.29) is 24.0 Å². The third-order valence-electron chi connectivity index (χ3n) is 4.28. The number of rotatable bonds is 11. The highest BCUT2D eigenvalue weighted by Gasteiger charge is 2.25. The Labute approximate surface area is 139 Å². The summed E-state index contributed by atoms with van der Waals surface area (Å²) >= 11 is 0. The predicted molar refractivity (Wildman–Crippen MR) is 81.2 cm³/mol. The average Bonchev–Trinajstić information content (AvgIpc) is 2.38. The Morgan fingerprint density at radius 1 is 1.00 bits per heavy atom. The molecule has 0 rings (SSSR count). The van der Waals surface area contributed by atoms with Crippen LogP contribution in [0.2, 0.25) is 6.04 Å². The zero-order valence-electron chi connectivity index (χ0n) is 13.7. The lowest BCUT2D eigenvalue weighted by Crippen LogP contribution is -3.00. The van der Waals surface area contributed by atoms with Gasteiger partial charge in [0.25, 0.3) is 0 Å². The molecule has 0 heterocycles. The average molecular weight is 403 g/mol. The van der Waals surface area contributed by atoms with Gasteiger partial charge in [0.2, 0.25) is 0 Å². The molecule has 0 aliphatic rings. The Hall–Kier alpha value is 0.827. The van der Waals surface area contributed by atoms with E-state index in [2.05, 4.69) is 41.7 Å². The van der Waals surface area contributed by atoms with Gasteiger partial charge in [-0.05, 0) is 53.5 Å². The third-order valence-corrected chi connectivity index (χ3v) is 6.57. The maximum atomic E-state index is 5.71. The van der Waals surface area contributed by atoms with Gasteiger partial charge < -0.3 is 37.3 Å². The van der Waals surface area contributed by atoms with Crippen molar-refractivity contribution in [2.75, 3.05) is 33.4 Å². The molecular weight excluding hydrogens is 369 g/mol. The van der Waals surface area contributed by atoms with Crippen LogP contribution in [-0.2, 0) is 8.85 Å². The van der Waals surface area contributed by atoms with Crippen LogP contribution in [0, 0.1) is 0 Å². The van der Waals surface area contributed by atoms with E-state index in [1.165, 1.54) is 30.4 Å². The molecule has 0 aromatic carbocycles. The highest BCUT2D eigenvalue weighted by Crippen LogP contribution is 2.17. The van der Waals surface area contributed by atoms with Crippen molar-refractivity contribution in [1.82, 2.24) is 0 Å². The Bertz CT molecular complexity index is 198. The lowest BCUT2D eigenvalue weighted by atomic mass is 10.1. The minimum atomic E-state index is -1.37. The van der Waals surface area contributed by atoms with Crippen LogP contribution in [0.5, 0.6) is 0 Å². The topological polar surface area (TPSA) is 18.5 Å². The first-order valence-electron chi connectivity index (χ1n) is 7.61. The summed E-state index contributed by atoms with van der Waals surface area (Å²) in [6.07, 6.45) is 2.52. The fourth-order valence-electron chi connectivity index (χ4n) is 2.33. The van der Waals surface area contributed by atoms with Crippen LogP contribution in [-0.4, -0.2) is 53.2 Å². The van der Waals surface area contributed by atoms with Crippen molar-refractivity contribution in [3.63, 3.8) is 0 Å². The molecule has 0 aliphatic carbocycles. The molecule has 0 radical (unpaired) electrons. The summed E-state index contributed by atoms with van der Waals surface area (Å²) in [5.74, 6) is 0. The van der Waals surface area contributed by atoms with Crippen molar-refractivity contribution in [3.8, 4) is 0 Å². The summed E-state index contributed by atoms with van der Waals surface area (Å²) in [4.78, 5) is 0. The molecular formula is C14H34INO2Si. The van der Waals surface area contributed by atoms with Crippen LogP contribution >= 0.6 is 0 Å². The Kier molecular flexibility index (Phi) is 14.6. The van der Waals surface area contributed by atoms with Gasteiger partial charge in [-0.25, -0.2) is 0 Å². The molecule has 0 amide bonds. The van der Waals surface area contributed by atoms with Crippen LogP contribution < -0.4 is 24.0 Å². The van der Waals surface area contributed by atoms with Gasteiger partial charge >= 0.3 is 9.28 Å². The summed E-state index contributed by atoms with van der Waals surface area (Å²) in [5, 5.41) is 0. The monoisotopic (exact) mass is 403 g/mol. The quantitative estimate of drug-likeness (QED) is 0.274. The molecule has 0 saturated heterocycles. The second-order valence-electron chi connectivity index (χ2n) is 5.23. The maximum absolute atomic E-state index is 5.71. The van der Waals surface area contributed by atoms with E-state index >= 15 is 0 Å². The second kappa shape index (κ2) is 12.6. The zero-order valence-corrected chi connectivity index (χ0v) is 17.1. The Balaban J connectivity index is 0. The third kappa shape index (κ3) is 8.65. The SMILES string of the molecule is CCO[SiH](CCCC(C)[N+](C)(CC)CC)OCC.[I-]. The van der Waals surface area contributed by atoms with Gasteiger partial charge in [0.05, 0.1) is 26.2 Å². The first-order chi connectivity index (χ1) is 8.53. The molecule has 19 heavy (non-hydrogen) atoms. The van der Waals surface area contributed by atoms with Crippen molar-refractivity contribution in [2.24, 2.45) is 0 Å². The van der Waals surface area contributed by atoms with E-state index in [1.54, 1.807) is 0 Å². The van der Waals surface area contributed by atoms with E-state index in [1.807, 2.05) is 0 Å². The summed E-state index contributed by atoms with van der Waals surface area (Å²) < 4.78 is 12.6. The van der Waals surface area contributed by atoms with Crippen LogP contribution in [0.4, 0.5) is 0 Å². The highest BCUT2D eigenvalue weighted by molar-refractivity contribution is 6.44. The van der Waals surface area contributed by atoms with E-state index in [0.29, 0.717) is 0 Å². The van der Waals surface area contributed by atoms with Crippen molar-refractivity contribution < 1.29 is 37.3 Å². The van der Waals surface area contributed by atoms with Gasteiger partial charge in [-0.15, -0.1) is 0 Å². The fourth-order valence-corrected chi connectivity index (χ4v) is 4.07. The standard InChI is InChI=1S/C14H34NO2Si.HI/c1-7-15(6,8-2)14(5)12-11-13-18(16-9-3)17-10-4;/h14,18H,7-13H2,1-6H3;1H/q+1;/p-1. The summed E-state index contributed by atoms with van der Waals surface area (Å²) in [6.45, 7) is 15.1. The molecule has 5 heteroatoms. The minimum Gasteiger partial charge on any atom is -1.00 e. The molecule has 1 unspecified atom stereocenters. The Morgan fingerprint density at radius 3 is 1.84 bits per heavy atom. The summed E-state index contributed by atoms with van der Waals surface area (Å²) in [5.41, 5.74) is 0. The van der Waals surface area contributed by atoms with Crippen LogP contribution in [0.1, 0.15) is 47.5 Å². The van der Waals surface area contributed by atoms with Crippen molar-refractivity contribution in [2.45, 2.75) is 59.5 Å². The normalized spacial score (nSPS) is 13.4. The fraction of sp³-hybridized carbons (Fsp3) is 1.00. The maximum Gasteiger partial charge on any atom is 0.321 e. The molecule has 0 fully saturated rings. The van der Waals surface area contributed by atoms with Crippen molar-refractivity contribution in [1.29, 1.82) is 0 Å². The smallest absolute Gasteiger partial charge is 0.321 e. The van der Waals surface area contributed by atoms with Crippen LogP contribution in [0.3, 0.4) is 0 Å². The van der Waals surface area contributed by atoms with Gasteiger partial charge in [0.15, 0.2) is 0 Å². The molecule has 0 saturated carbocycles. The van der Waals surface area contributed by atoms with Gasteiger partial charge in [-0.2, -0.15) is 0 Å². The molecule has 1 atom stereocenters. The van der Waals surface area contributed by atoms with Crippen molar-refractivity contribution >= 4 is 9.28 Å². The first kappa shape index (κ1) is 22.1. The van der Waals surface area contributed by atoms with E-state index < -0.39 is 9.28 Å². The number of halogens is 1. The number of hydrogen-bond donors (Lipinski definition) is 0. The number of hydrogen-bond acceptors (Lipinski definition) is 2. The molecule has 3 nitrogen and oxygen atoms in total. The van der Waals surface area contributed by atoms with E-state index in [0.717, 1.165) is 25.3 Å². The molecule has 0 aromatic rings. The molecule has 0 spiro atoms. The zero-order chi connectivity index (χ0) is 14.0. The Morgan fingerprint density at radius 2 is 1.47 bits per heavy atom. The molecule has 0 bridgehead atoms. The first-order valence-corrected chi connectivity index (χ1v) is 9.37. The second-order valence-corrected chi connectivity index (χ2v) is 7.34. The largest absolute Gasteiger partial charge is 1.00 e. The summed E-state index contributed by atoms with van der Waals surface area (Å²) in [7, 11) is 0.994. The lowest BCUT2D eigenvalue weighted by molar-refractivity contribution is -0.928. The number of quaternary nitrogens is 1. The number of nitrogens with zero attached hydrogens (tertiary/aromatic N) is 1. The summed E-state index contributed by atoms with van der Waals surface area (Å²) in [6, 6.07) is 1.89. The van der Waals surface area contributed by atoms with Crippen LogP contribution in [0.25, 0.3) is 0 Å². The lowest BCUT2D eigenvalue weighted by Gasteiger charge is -2.38. The molecule has 0 aromatic heterocycles. The van der Waals surface area contributed by atoms with Gasteiger partial charge in [-0.3, -0.25) is 0 Å². The van der Waals surface area contributed by atoms with Gasteiger partial charge in [0.1, 0.15) is 0 Å². The van der Waals surface area contributed by atoms with Gasteiger partial charge in [0, 0.05) is 13.2 Å². The van der Waals surface area contributed by atoms with Crippen LogP contribution in [0.15, 0.2) is 0 Å². The highest BCUT2D eigenvalue weighted by atomic mass is 127. The molecule has 0 N–H and O–H groups in total. The predicted octanol–water partition coefficient (Wildman–Crippen LogP) is -0.0610. The molecule has 118 valence electrons. The van der Waals surface area contributed by atoms with E-state index in [4.69, 9.17) is 8.85 Å².